The van der Waals surface area contributed by atoms with Crippen LogP contribution in [-0.4, -0.2) is 23.3 Å². The second-order valence-electron chi connectivity index (χ2n) is 4.31. The Morgan fingerprint density at radius 2 is 1.94 bits per heavy atom. The van der Waals surface area contributed by atoms with Gasteiger partial charge in [0.15, 0.2) is 6.10 Å². The third kappa shape index (κ3) is 2.58. The Bertz CT molecular complexity index is 424. The monoisotopic (exact) mass is 238 g/mol. The van der Waals surface area contributed by atoms with Gasteiger partial charge in [-0.05, 0) is 24.0 Å². The van der Waals surface area contributed by atoms with Gasteiger partial charge in [0, 0.05) is 5.56 Å². The van der Waals surface area contributed by atoms with E-state index in [9.17, 15) is 15.0 Å². The Kier molecular flexibility index (Phi) is 4.12. The van der Waals surface area contributed by atoms with Crippen LogP contribution in [0.2, 0.25) is 0 Å². The lowest BCUT2D eigenvalue weighted by Gasteiger charge is -2.17. The molecule has 0 saturated carbocycles. The number of carbonyl (C=O) groups is 1. The van der Waals surface area contributed by atoms with Crippen molar-refractivity contribution in [2.24, 2.45) is 0 Å². The van der Waals surface area contributed by atoms with E-state index in [1.807, 2.05) is 13.8 Å². The molecule has 1 aromatic rings. The minimum atomic E-state index is -1.45. The van der Waals surface area contributed by atoms with Crippen LogP contribution in [0.15, 0.2) is 12.1 Å². The highest BCUT2D eigenvalue weighted by Gasteiger charge is 2.25. The number of phenolic OH excluding ortho intramolecular Hbond substituents is 1. The average Bonchev–Trinajstić information content (AvgIpc) is 2.27. The van der Waals surface area contributed by atoms with Crippen LogP contribution in [0, 0.1) is 6.92 Å². The molecule has 0 heterocycles. The Hall–Kier alpha value is -1.55. The molecule has 4 heteroatoms. The van der Waals surface area contributed by atoms with Crippen LogP contribution in [0.25, 0.3) is 0 Å². The van der Waals surface area contributed by atoms with E-state index in [2.05, 4.69) is 4.74 Å². The molecule has 0 fully saturated rings. The molecule has 0 aliphatic rings. The molecule has 0 spiro atoms. The average molecular weight is 238 g/mol. The standard InChI is InChI=1S/C13H18O4/c1-7(2)9-6-5-8(3)10(11(9)14)12(15)13(16)17-4/h5-7,12,14-15H,1-4H3. The maximum absolute atomic E-state index is 11.3. The first-order valence-corrected chi connectivity index (χ1v) is 5.48. The van der Waals surface area contributed by atoms with Crippen LogP contribution >= 0.6 is 0 Å². The van der Waals surface area contributed by atoms with E-state index < -0.39 is 12.1 Å². The minimum Gasteiger partial charge on any atom is -0.507 e. The lowest BCUT2D eigenvalue weighted by Crippen LogP contribution is -2.15. The summed E-state index contributed by atoms with van der Waals surface area (Å²) in [7, 11) is 1.20. The predicted octanol–water partition coefficient (Wildman–Crippen LogP) is 2.03. The highest BCUT2D eigenvalue weighted by Crippen LogP contribution is 2.35. The van der Waals surface area contributed by atoms with E-state index in [4.69, 9.17) is 0 Å². The summed E-state index contributed by atoms with van der Waals surface area (Å²) in [5, 5.41) is 19.9. The molecule has 1 unspecified atom stereocenters. The van der Waals surface area contributed by atoms with Gasteiger partial charge in [0.05, 0.1) is 7.11 Å². The fraction of sp³-hybridized carbons (Fsp3) is 0.462. The van der Waals surface area contributed by atoms with Gasteiger partial charge in [-0.25, -0.2) is 4.79 Å². The van der Waals surface area contributed by atoms with Crippen molar-refractivity contribution in [3.05, 3.63) is 28.8 Å². The van der Waals surface area contributed by atoms with Crippen LogP contribution in [0.5, 0.6) is 5.75 Å². The van der Waals surface area contributed by atoms with Crippen molar-refractivity contribution in [3.63, 3.8) is 0 Å². The zero-order chi connectivity index (χ0) is 13.2. The number of rotatable bonds is 3. The van der Waals surface area contributed by atoms with Gasteiger partial charge in [0.2, 0.25) is 0 Å². The van der Waals surface area contributed by atoms with Crippen LogP contribution in [0.1, 0.15) is 42.6 Å². The number of aliphatic hydroxyl groups is 1. The maximum atomic E-state index is 11.3. The number of aliphatic hydroxyl groups excluding tert-OH is 1. The van der Waals surface area contributed by atoms with Gasteiger partial charge in [-0.3, -0.25) is 0 Å². The number of aromatic hydroxyl groups is 1. The van der Waals surface area contributed by atoms with Gasteiger partial charge in [0.1, 0.15) is 5.75 Å². The molecule has 1 atom stereocenters. The topological polar surface area (TPSA) is 66.8 Å². The first-order valence-electron chi connectivity index (χ1n) is 5.48. The van der Waals surface area contributed by atoms with Gasteiger partial charge in [-0.1, -0.05) is 26.0 Å². The highest BCUT2D eigenvalue weighted by molar-refractivity contribution is 5.78. The highest BCUT2D eigenvalue weighted by atomic mass is 16.5. The number of carbonyl (C=O) groups excluding carboxylic acids is 1. The fourth-order valence-electron chi connectivity index (χ4n) is 1.77. The number of ether oxygens (including phenoxy) is 1. The number of benzene rings is 1. The van der Waals surface area contributed by atoms with E-state index in [0.29, 0.717) is 11.1 Å². The molecule has 1 aromatic carbocycles. The summed E-state index contributed by atoms with van der Waals surface area (Å²) in [5.41, 5.74) is 1.58. The molecule has 0 aromatic heterocycles. The lowest BCUT2D eigenvalue weighted by molar-refractivity contribution is -0.150. The van der Waals surface area contributed by atoms with E-state index in [0.717, 1.165) is 0 Å². The van der Waals surface area contributed by atoms with Crippen molar-refractivity contribution in [3.8, 4) is 5.75 Å². The zero-order valence-electron chi connectivity index (χ0n) is 10.5. The Balaban J connectivity index is 3.31. The first kappa shape index (κ1) is 13.5. The Morgan fingerprint density at radius 1 is 1.35 bits per heavy atom. The Labute approximate surface area is 101 Å². The molecule has 4 nitrogen and oxygen atoms in total. The summed E-state index contributed by atoms with van der Waals surface area (Å²) in [6.45, 7) is 5.59. The normalized spacial score (nSPS) is 12.6. The molecule has 17 heavy (non-hydrogen) atoms. The second-order valence-corrected chi connectivity index (χ2v) is 4.31. The van der Waals surface area contributed by atoms with Gasteiger partial charge in [-0.2, -0.15) is 0 Å². The van der Waals surface area contributed by atoms with E-state index >= 15 is 0 Å². The number of methoxy groups -OCH3 is 1. The van der Waals surface area contributed by atoms with Gasteiger partial charge >= 0.3 is 5.97 Å². The summed E-state index contributed by atoms with van der Waals surface area (Å²) in [6.07, 6.45) is -1.45. The molecule has 0 aliphatic heterocycles. The first-order chi connectivity index (χ1) is 7.90. The number of hydrogen-bond donors (Lipinski definition) is 2. The largest absolute Gasteiger partial charge is 0.507 e. The molecule has 0 aliphatic carbocycles. The zero-order valence-corrected chi connectivity index (χ0v) is 10.5. The van der Waals surface area contributed by atoms with Crippen molar-refractivity contribution < 1.29 is 19.7 Å². The van der Waals surface area contributed by atoms with Crippen LogP contribution < -0.4 is 0 Å². The molecule has 0 radical (unpaired) electrons. The molecular weight excluding hydrogens is 220 g/mol. The SMILES string of the molecule is COC(=O)C(O)c1c(C)ccc(C(C)C)c1O. The van der Waals surface area contributed by atoms with Gasteiger partial charge < -0.3 is 14.9 Å². The van der Waals surface area contributed by atoms with Crippen molar-refractivity contribution in [2.45, 2.75) is 32.8 Å². The molecule has 0 saturated heterocycles. The molecule has 1 rings (SSSR count). The van der Waals surface area contributed by atoms with Crippen molar-refractivity contribution in [2.75, 3.05) is 7.11 Å². The van der Waals surface area contributed by atoms with Crippen molar-refractivity contribution >= 4 is 5.97 Å². The summed E-state index contributed by atoms with van der Waals surface area (Å²) >= 11 is 0. The summed E-state index contributed by atoms with van der Waals surface area (Å²) < 4.78 is 4.48. The lowest BCUT2D eigenvalue weighted by atomic mass is 9.93. The van der Waals surface area contributed by atoms with Crippen LogP contribution in [0.4, 0.5) is 0 Å². The summed E-state index contributed by atoms with van der Waals surface area (Å²) in [6, 6.07) is 3.57. The predicted molar refractivity (Wildman–Crippen MR) is 63.9 cm³/mol. The van der Waals surface area contributed by atoms with Crippen LogP contribution in [-0.2, 0) is 9.53 Å². The molecule has 0 amide bonds. The van der Waals surface area contributed by atoms with Gasteiger partial charge in [0.25, 0.3) is 0 Å². The van der Waals surface area contributed by atoms with E-state index in [-0.39, 0.29) is 17.2 Å². The van der Waals surface area contributed by atoms with E-state index in [1.54, 1.807) is 19.1 Å². The summed E-state index contributed by atoms with van der Waals surface area (Å²) in [4.78, 5) is 11.3. The number of hydrogen-bond acceptors (Lipinski definition) is 4. The number of aryl methyl sites for hydroxylation is 1. The van der Waals surface area contributed by atoms with Gasteiger partial charge in [-0.15, -0.1) is 0 Å². The van der Waals surface area contributed by atoms with Crippen LogP contribution in [0.3, 0.4) is 0 Å². The quantitative estimate of drug-likeness (QED) is 0.791. The minimum absolute atomic E-state index is 0.0297. The Morgan fingerprint density at radius 3 is 2.41 bits per heavy atom. The molecule has 2 N–H and O–H groups in total. The maximum Gasteiger partial charge on any atom is 0.339 e. The van der Waals surface area contributed by atoms with Crippen molar-refractivity contribution in [1.82, 2.24) is 0 Å². The number of esters is 1. The summed E-state index contributed by atoms with van der Waals surface area (Å²) in [5.74, 6) is -0.693. The number of phenols is 1. The third-order valence-corrected chi connectivity index (χ3v) is 2.79. The molecule has 94 valence electrons. The van der Waals surface area contributed by atoms with E-state index in [1.165, 1.54) is 7.11 Å². The van der Waals surface area contributed by atoms with Crippen molar-refractivity contribution in [1.29, 1.82) is 0 Å². The third-order valence-electron chi connectivity index (χ3n) is 2.79. The second kappa shape index (κ2) is 5.19. The smallest absolute Gasteiger partial charge is 0.339 e. The molecule has 0 bridgehead atoms. The molecular formula is C13H18O4. The fourth-order valence-corrected chi connectivity index (χ4v) is 1.77.